The van der Waals surface area contributed by atoms with E-state index < -0.39 is 5.41 Å². The van der Waals surface area contributed by atoms with Gasteiger partial charge in [-0.1, -0.05) is 32.9 Å². The van der Waals surface area contributed by atoms with E-state index in [0.29, 0.717) is 9.88 Å². The number of morpholine rings is 1. The average Bonchev–Trinajstić information content (AvgIpc) is 3.08. The fourth-order valence-electron chi connectivity index (χ4n) is 3.21. The highest BCUT2D eigenvalue weighted by Gasteiger charge is 2.23. The molecular weight excluding hydrogens is 398 g/mol. The molecule has 1 fully saturated rings. The summed E-state index contributed by atoms with van der Waals surface area (Å²) in [7, 11) is 0. The Morgan fingerprint density at radius 1 is 1.13 bits per heavy atom. The van der Waals surface area contributed by atoms with E-state index in [1.807, 2.05) is 40.7 Å². The summed E-state index contributed by atoms with van der Waals surface area (Å²) in [6.07, 6.45) is 0. The molecule has 0 spiro atoms. The minimum Gasteiger partial charge on any atom is -0.378 e. The molecule has 1 atom stereocenters. The third-order valence-corrected chi connectivity index (χ3v) is 6.31. The van der Waals surface area contributed by atoms with Crippen molar-refractivity contribution in [2.75, 3.05) is 36.5 Å². The third kappa shape index (κ3) is 5.40. The predicted octanol–water partition coefficient (Wildman–Crippen LogP) is 4.37. The maximum Gasteiger partial charge on any atom is 0.262 e. The molecule has 7 heteroatoms. The lowest BCUT2D eigenvalue weighted by Crippen LogP contribution is -2.36. The van der Waals surface area contributed by atoms with E-state index in [1.54, 1.807) is 0 Å². The number of ether oxygens (including phenoxy) is 1. The molecule has 2 aromatic rings. The summed E-state index contributed by atoms with van der Waals surface area (Å²) in [4.78, 5) is 28.0. The number of aryl methyl sites for hydroxylation is 1. The van der Waals surface area contributed by atoms with Crippen LogP contribution in [0, 0.1) is 12.3 Å². The van der Waals surface area contributed by atoms with Crippen LogP contribution in [-0.2, 0) is 9.53 Å². The van der Waals surface area contributed by atoms with Gasteiger partial charge >= 0.3 is 0 Å². The molecule has 6 nitrogen and oxygen atoms in total. The molecule has 30 heavy (non-hydrogen) atoms. The van der Waals surface area contributed by atoms with E-state index >= 15 is 0 Å². The van der Waals surface area contributed by atoms with E-state index in [-0.39, 0.29) is 17.9 Å². The Balaban J connectivity index is 1.63. The molecule has 0 radical (unpaired) electrons. The van der Waals surface area contributed by atoms with Crippen molar-refractivity contribution in [1.29, 1.82) is 0 Å². The second kappa shape index (κ2) is 9.18. The van der Waals surface area contributed by atoms with E-state index in [9.17, 15) is 9.59 Å². The van der Waals surface area contributed by atoms with E-state index in [0.717, 1.165) is 37.4 Å². The number of carbonyl (C=O) groups excluding carboxylic acids is 2. The van der Waals surface area contributed by atoms with Gasteiger partial charge in [0.05, 0.1) is 29.1 Å². The molecule has 0 bridgehead atoms. The molecule has 1 unspecified atom stereocenters. The first-order valence-electron chi connectivity index (χ1n) is 10.3. The van der Waals surface area contributed by atoms with Crippen molar-refractivity contribution in [3.8, 4) is 0 Å². The van der Waals surface area contributed by atoms with Crippen LogP contribution < -0.4 is 15.5 Å². The predicted molar refractivity (Wildman–Crippen MR) is 122 cm³/mol. The topological polar surface area (TPSA) is 70.7 Å². The fraction of sp³-hybridized carbons (Fsp3) is 0.478. The number of benzene rings is 1. The number of hydrogen-bond acceptors (Lipinski definition) is 5. The minimum atomic E-state index is -0.484. The monoisotopic (exact) mass is 429 g/mol. The number of anilines is 2. The highest BCUT2D eigenvalue weighted by Crippen LogP contribution is 2.29. The summed E-state index contributed by atoms with van der Waals surface area (Å²) >= 11 is 1.31. The van der Waals surface area contributed by atoms with Crippen molar-refractivity contribution in [2.45, 2.75) is 40.7 Å². The van der Waals surface area contributed by atoms with Gasteiger partial charge in [0.1, 0.15) is 0 Å². The molecule has 3 rings (SSSR count). The van der Waals surface area contributed by atoms with Gasteiger partial charge in [0, 0.05) is 24.2 Å². The number of nitrogens with one attached hydrogen (secondary N) is 2. The van der Waals surface area contributed by atoms with Crippen LogP contribution in [0.2, 0.25) is 0 Å². The highest BCUT2D eigenvalue weighted by atomic mass is 32.1. The average molecular weight is 430 g/mol. The Morgan fingerprint density at radius 2 is 1.77 bits per heavy atom. The largest absolute Gasteiger partial charge is 0.378 e. The zero-order valence-corrected chi connectivity index (χ0v) is 19.2. The fourth-order valence-corrected chi connectivity index (χ4v) is 4.18. The molecule has 1 aliphatic heterocycles. The summed E-state index contributed by atoms with van der Waals surface area (Å²) in [6, 6.07) is 10.0. The van der Waals surface area contributed by atoms with Crippen LogP contribution in [0.15, 0.2) is 30.3 Å². The molecule has 2 amide bonds. The molecule has 2 heterocycles. The number of rotatable bonds is 5. The Morgan fingerprint density at radius 3 is 2.37 bits per heavy atom. The van der Waals surface area contributed by atoms with Crippen LogP contribution in [0.4, 0.5) is 10.7 Å². The smallest absolute Gasteiger partial charge is 0.262 e. The molecule has 1 aromatic carbocycles. The molecular formula is C23H31N3O3S. The van der Waals surface area contributed by atoms with Crippen LogP contribution >= 0.6 is 11.3 Å². The zero-order valence-electron chi connectivity index (χ0n) is 18.4. The van der Waals surface area contributed by atoms with Crippen molar-refractivity contribution in [2.24, 2.45) is 5.41 Å². The highest BCUT2D eigenvalue weighted by molar-refractivity contribution is 7.18. The molecule has 1 aliphatic rings. The number of thiophene rings is 1. The van der Waals surface area contributed by atoms with Crippen LogP contribution in [-0.4, -0.2) is 38.1 Å². The number of carbonyl (C=O) groups is 2. The van der Waals surface area contributed by atoms with Crippen LogP contribution in [0.25, 0.3) is 0 Å². The van der Waals surface area contributed by atoms with Gasteiger partial charge in [-0.15, -0.1) is 11.3 Å². The summed E-state index contributed by atoms with van der Waals surface area (Å²) in [5.41, 5.74) is 2.60. The lowest BCUT2D eigenvalue weighted by Gasteiger charge is -2.29. The van der Waals surface area contributed by atoms with Crippen LogP contribution in [0.3, 0.4) is 0 Å². The van der Waals surface area contributed by atoms with E-state index in [4.69, 9.17) is 4.74 Å². The van der Waals surface area contributed by atoms with Crippen LogP contribution in [0.5, 0.6) is 0 Å². The normalized spacial score (nSPS) is 15.6. The summed E-state index contributed by atoms with van der Waals surface area (Å²) < 4.78 is 5.41. The van der Waals surface area contributed by atoms with Gasteiger partial charge in [0.25, 0.3) is 5.91 Å². The molecule has 2 N–H and O–H groups in total. The van der Waals surface area contributed by atoms with Crippen molar-refractivity contribution in [3.05, 3.63) is 46.3 Å². The second-order valence-corrected chi connectivity index (χ2v) is 9.77. The Hall–Kier alpha value is -2.38. The first kappa shape index (κ1) is 22.3. The van der Waals surface area contributed by atoms with Gasteiger partial charge in [-0.2, -0.15) is 0 Å². The summed E-state index contributed by atoms with van der Waals surface area (Å²) in [6.45, 7) is 12.8. The SMILES string of the molecule is Cc1cc(NC(=O)C(C)(C)C)sc1C(=O)NC(C)c1ccc(N2CCOCC2)cc1. The van der Waals surface area contributed by atoms with E-state index in [1.165, 1.54) is 17.0 Å². The van der Waals surface area contributed by atoms with Crippen molar-refractivity contribution >= 4 is 33.8 Å². The van der Waals surface area contributed by atoms with Gasteiger partial charge in [-0.25, -0.2) is 0 Å². The Kier molecular flexibility index (Phi) is 6.83. The first-order valence-corrected chi connectivity index (χ1v) is 11.1. The standard InChI is InChI=1S/C23H31N3O3S/c1-15-14-19(25-22(28)23(3,4)5)30-20(15)21(27)24-16(2)17-6-8-18(9-7-17)26-10-12-29-13-11-26/h6-9,14,16H,10-13H2,1-5H3,(H,24,27)(H,25,28). The number of hydrogen-bond donors (Lipinski definition) is 2. The number of amides is 2. The third-order valence-electron chi connectivity index (χ3n) is 5.16. The summed E-state index contributed by atoms with van der Waals surface area (Å²) in [5, 5.41) is 6.68. The lowest BCUT2D eigenvalue weighted by atomic mass is 9.96. The van der Waals surface area contributed by atoms with E-state index in [2.05, 4.69) is 39.8 Å². The van der Waals surface area contributed by atoms with Gasteiger partial charge < -0.3 is 20.3 Å². The molecule has 162 valence electrons. The maximum absolute atomic E-state index is 12.8. The van der Waals surface area contributed by atoms with Gasteiger partial charge in [0.15, 0.2) is 0 Å². The minimum absolute atomic E-state index is 0.0653. The van der Waals surface area contributed by atoms with Crippen molar-refractivity contribution in [1.82, 2.24) is 5.32 Å². The number of nitrogens with zero attached hydrogens (tertiary/aromatic N) is 1. The van der Waals surface area contributed by atoms with Gasteiger partial charge in [-0.3, -0.25) is 9.59 Å². The zero-order chi connectivity index (χ0) is 21.9. The maximum atomic E-state index is 12.8. The van der Waals surface area contributed by atoms with Gasteiger partial charge in [-0.05, 0) is 43.2 Å². The summed E-state index contributed by atoms with van der Waals surface area (Å²) in [5.74, 6) is -0.192. The molecule has 0 aliphatic carbocycles. The Bertz CT molecular complexity index is 893. The lowest BCUT2D eigenvalue weighted by molar-refractivity contribution is -0.123. The molecule has 1 aromatic heterocycles. The quantitative estimate of drug-likeness (QED) is 0.740. The van der Waals surface area contributed by atoms with Crippen molar-refractivity contribution < 1.29 is 14.3 Å². The molecule has 0 saturated carbocycles. The van der Waals surface area contributed by atoms with Gasteiger partial charge in [0.2, 0.25) is 5.91 Å². The Labute approximate surface area is 182 Å². The first-order chi connectivity index (χ1) is 14.1. The molecule has 1 saturated heterocycles. The van der Waals surface area contributed by atoms with Crippen molar-refractivity contribution in [3.63, 3.8) is 0 Å². The van der Waals surface area contributed by atoms with Crippen LogP contribution in [0.1, 0.15) is 54.5 Å². The second-order valence-electron chi connectivity index (χ2n) is 8.71.